The van der Waals surface area contributed by atoms with E-state index in [0.717, 1.165) is 32.4 Å². The van der Waals surface area contributed by atoms with Gasteiger partial charge in [-0.15, -0.1) is 0 Å². The first-order chi connectivity index (χ1) is 9.43. The van der Waals surface area contributed by atoms with Gasteiger partial charge < -0.3 is 10.0 Å². The van der Waals surface area contributed by atoms with Gasteiger partial charge in [-0.3, -0.25) is 0 Å². The summed E-state index contributed by atoms with van der Waals surface area (Å²) < 4.78 is 0. The molecule has 112 valence electrons. The first-order valence-corrected chi connectivity index (χ1v) is 7.95. The van der Waals surface area contributed by atoms with E-state index < -0.39 is 5.60 Å². The Morgan fingerprint density at radius 2 is 1.65 bits per heavy atom. The van der Waals surface area contributed by atoms with E-state index >= 15 is 0 Å². The monoisotopic (exact) mass is 275 g/mol. The predicted molar refractivity (Wildman–Crippen MR) is 85.3 cm³/mol. The molecule has 1 N–H and O–H groups in total. The minimum Gasteiger partial charge on any atom is -0.389 e. The number of piperidine rings is 1. The van der Waals surface area contributed by atoms with Crippen molar-refractivity contribution in [2.45, 2.75) is 59.0 Å². The van der Waals surface area contributed by atoms with E-state index in [1.807, 2.05) is 0 Å². The lowest BCUT2D eigenvalue weighted by atomic mass is 9.82. The normalized spacial score (nSPS) is 19.2. The van der Waals surface area contributed by atoms with Crippen molar-refractivity contribution in [3.8, 4) is 0 Å². The molecular formula is C18H29NO. The molecule has 20 heavy (non-hydrogen) atoms. The van der Waals surface area contributed by atoms with Gasteiger partial charge in [-0.25, -0.2) is 0 Å². The minimum absolute atomic E-state index is 0.505. The molecule has 0 bridgehead atoms. The maximum Gasteiger partial charge on any atom is 0.0712 e. The third-order valence-corrected chi connectivity index (χ3v) is 4.67. The Hall–Kier alpha value is -0.860. The van der Waals surface area contributed by atoms with E-state index in [1.54, 1.807) is 0 Å². The van der Waals surface area contributed by atoms with Crippen molar-refractivity contribution in [3.05, 3.63) is 34.4 Å². The molecule has 1 fully saturated rings. The third kappa shape index (κ3) is 3.62. The van der Waals surface area contributed by atoms with E-state index in [4.69, 9.17) is 0 Å². The molecule has 0 atom stereocenters. The molecule has 1 saturated heterocycles. The minimum atomic E-state index is -0.505. The number of likely N-dealkylation sites (tertiary alicyclic amines) is 1. The summed E-state index contributed by atoms with van der Waals surface area (Å²) >= 11 is 0. The second-order valence-corrected chi connectivity index (χ2v) is 6.62. The standard InChI is InChI=1S/C18H29NO/c1-5-8-19-9-6-18(20,7-10-19)13-17-15(3)11-14(2)12-16(17)4/h11-12,20H,5-10,13H2,1-4H3. The molecule has 0 unspecified atom stereocenters. The number of aliphatic hydroxyl groups is 1. The second-order valence-electron chi connectivity index (χ2n) is 6.62. The van der Waals surface area contributed by atoms with Gasteiger partial charge in [-0.1, -0.05) is 24.6 Å². The lowest BCUT2D eigenvalue weighted by molar-refractivity contribution is -0.0207. The number of nitrogens with zero attached hydrogens (tertiary/aromatic N) is 1. The second kappa shape index (κ2) is 6.28. The maximum atomic E-state index is 10.9. The summed E-state index contributed by atoms with van der Waals surface area (Å²) in [5.41, 5.74) is 4.81. The van der Waals surface area contributed by atoms with Crippen molar-refractivity contribution in [2.75, 3.05) is 19.6 Å². The van der Waals surface area contributed by atoms with Crippen molar-refractivity contribution in [2.24, 2.45) is 0 Å². The first-order valence-electron chi connectivity index (χ1n) is 7.95. The number of benzene rings is 1. The van der Waals surface area contributed by atoms with E-state index in [0.29, 0.717) is 0 Å². The first kappa shape index (κ1) is 15.5. The fourth-order valence-corrected chi connectivity index (χ4v) is 3.50. The Morgan fingerprint density at radius 1 is 1.10 bits per heavy atom. The number of hydrogen-bond acceptors (Lipinski definition) is 2. The molecule has 2 rings (SSSR count). The summed E-state index contributed by atoms with van der Waals surface area (Å²) in [6.07, 6.45) is 3.82. The summed E-state index contributed by atoms with van der Waals surface area (Å²) in [4.78, 5) is 2.48. The molecular weight excluding hydrogens is 246 g/mol. The fraction of sp³-hybridized carbons (Fsp3) is 0.667. The van der Waals surface area contributed by atoms with Gasteiger partial charge in [0.15, 0.2) is 0 Å². The van der Waals surface area contributed by atoms with Gasteiger partial charge in [-0.05, 0) is 63.3 Å². The molecule has 2 nitrogen and oxygen atoms in total. The Kier molecular flexibility index (Phi) is 4.87. The number of aryl methyl sites for hydroxylation is 3. The molecule has 0 spiro atoms. The smallest absolute Gasteiger partial charge is 0.0712 e. The van der Waals surface area contributed by atoms with Gasteiger partial charge in [-0.2, -0.15) is 0 Å². The molecule has 0 saturated carbocycles. The molecule has 1 aliphatic heterocycles. The van der Waals surface area contributed by atoms with Gasteiger partial charge in [0.25, 0.3) is 0 Å². The topological polar surface area (TPSA) is 23.5 Å². The van der Waals surface area contributed by atoms with E-state index in [2.05, 4.69) is 44.7 Å². The summed E-state index contributed by atoms with van der Waals surface area (Å²) in [5.74, 6) is 0. The zero-order chi connectivity index (χ0) is 14.8. The van der Waals surface area contributed by atoms with Crippen LogP contribution in [0.25, 0.3) is 0 Å². The van der Waals surface area contributed by atoms with E-state index in [-0.39, 0.29) is 0 Å². The predicted octanol–water partition coefficient (Wildman–Crippen LogP) is 3.39. The SMILES string of the molecule is CCCN1CCC(O)(Cc2c(C)cc(C)cc2C)CC1. The molecule has 0 radical (unpaired) electrons. The number of hydrogen-bond donors (Lipinski definition) is 1. The van der Waals surface area contributed by atoms with Gasteiger partial charge in [0.05, 0.1) is 5.60 Å². The highest BCUT2D eigenvalue weighted by Gasteiger charge is 2.32. The molecule has 2 heteroatoms. The highest BCUT2D eigenvalue weighted by Crippen LogP contribution is 2.29. The zero-order valence-corrected chi connectivity index (χ0v) is 13.5. The third-order valence-electron chi connectivity index (χ3n) is 4.67. The molecule has 1 heterocycles. The number of rotatable bonds is 4. The summed E-state index contributed by atoms with van der Waals surface area (Å²) in [6.45, 7) is 11.9. The average Bonchev–Trinajstić information content (AvgIpc) is 2.37. The highest BCUT2D eigenvalue weighted by molar-refractivity contribution is 5.38. The Labute approximate surface area is 123 Å². The largest absolute Gasteiger partial charge is 0.389 e. The van der Waals surface area contributed by atoms with Crippen LogP contribution in [0.2, 0.25) is 0 Å². The van der Waals surface area contributed by atoms with Crippen molar-refractivity contribution in [3.63, 3.8) is 0 Å². The molecule has 1 aliphatic rings. The fourth-order valence-electron chi connectivity index (χ4n) is 3.50. The van der Waals surface area contributed by atoms with Crippen LogP contribution in [-0.2, 0) is 6.42 Å². The molecule has 0 aliphatic carbocycles. The molecule has 1 aromatic carbocycles. The quantitative estimate of drug-likeness (QED) is 0.910. The van der Waals surface area contributed by atoms with Gasteiger partial charge in [0.2, 0.25) is 0 Å². The lowest BCUT2D eigenvalue weighted by Gasteiger charge is -2.38. The van der Waals surface area contributed by atoms with Crippen LogP contribution in [-0.4, -0.2) is 35.2 Å². The van der Waals surface area contributed by atoms with Crippen LogP contribution >= 0.6 is 0 Å². The van der Waals surface area contributed by atoms with Gasteiger partial charge in [0, 0.05) is 19.5 Å². The maximum absolute atomic E-state index is 10.9. The van der Waals surface area contributed by atoms with Gasteiger partial charge >= 0.3 is 0 Å². The summed E-state index contributed by atoms with van der Waals surface area (Å²) in [6, 6.07) is 4.47. The van der Waals surface area contributed by atoms with Crippen molar-refractivity contribution in [1.29, 1.82) is 0 Å². The van der Waals surface area contributed by atoms with Crippen LogP contribution in [0, 0.1) is 20.8 Å². The van der Waals surface area contributed by atoms with Gasteiger partial charge in [0.1, 0.15) is 0 Å². The lowest BCUT2D eigenvalue weighted by Crippen LogP contribution is -2.46. The summed E-state index contributed by atoms with van der Waals surface area (Å²) in [7, 11) is 0. The summed E-state index contributed by atoms with van der Waals surface area (Å²) in [5, 5.41) is 10.9. The van der Waals surface area contributed by atoms with Crippen LogP contribution in [0.5, 0.6) is 0 Å². The zero-order valence-electron chi connectivity index (χ0n) is 13.5. The van der Waals surface area contributed by atoms with E-state index in [9.17, 15) is 5.11 Å². The van der Waals surface area contributed by atoms with Crippen molar-refractivity contribution in [1.82, 2.24) is 4.90 Å². The van der Waals surface area contributed by atoms with Crippen LogP contribution in [0.4, 0.5) is 0 Å². The molecule has 0 aromatic heterocycles. The average molecular weight is 275 g/mol. The highest BCUT2D eigenvalue weighted by atomic mass is 16.3. The molecule has 1 aromatic rings. The van der Waals surface area contributed by atoms with Crippen LogP contribution in [0.1, 0.15) is 48.4 Å². The van der Waals surface area contributed by atoms with Crippen LogP contribution in [0.15, 0.2) is 12.1 Å². The van der Waals surface area contributed by atoms with Crippen molar-refractivity contribution < 1.29 is 5.11 Å². The van der Waals surface area contributed by atoms with Crippen LogP contribution in [0.3, 0.4) is 0 Å². The van der Waals surface area contributed by atoms with Crippen LogP contribution < -0.4 is 0 Å². The Morgan fingerprint density at radius 3 is 2.15 bits per heavy atom. The Bertz CT molecular complexity index is 435. The molecule has 0 amide bonds. The van der Waals surface area contributed by atoms with E-state index in [1.165, 1.54) is 35.2 Å². The Balaban J connectivity index is 2.07. The van der Waals surface area contributed by atoms with Crippen molar-refractivity contribution >= 4 is 0 Å².